The van der Waals surface area contributed by atoms with Crippen LogP contribution in [0.5, 0.6) is 0 Å². The van der Waals surface area contributed by atoms with Crippen LogP contribution >= 0.6 is 11.8 Å². The van der Waals surface area contributed by atoms with Crippen LogP contribution < -0.4 is 15.1 Å². The molecule has 2 aliphatic heterocycles. The number of rotatable bonds is 6. The number of aryl methyl sites for hydroxylation is 2. The Morgan fingerprint density at radius 3 is 2.27 bits per heavy atom. The summed E-state index contributed by atoms with van der Waals surface area (Å²) in [5.74, 6) is -0.132. The Kier molecular flexibility index (Phi) is 8.74. The molecule has 2 saturated heterocycles. The van der Waals surface area contributed by atoms with E-state index in [1.54, 1.807) is 6.07 Å². The number of hydrogen-bond donors (Lipinski definition) is 1. The van der Waals surface area contributed by atoms with E-state index in [9.17, 15) is 14.4 Å². The zero-order valence-electron chi connectivity index (χ0n) is 24.3. The summed E-state index contributed by atoms with van der Waals surface area (Å²) in [6.07, 6.45) is 3.80. The number of thioether (sulfide) groups is 1. The molecule has 2 heterocycles. The van der Waals surface area contributed by atoms with Crippen LogP contribution in [0.2, 0.25) is 0 Å². The number of carbonyl (C=O) groups is 1. The van der Waals surface area contributed by atoms with Crippen LogP contribution in [-0.2, 0) is 0 Å². The summed E-state index contributed by atoms with van der Waals surface area (Å²) < 4.78 is 14.4. The van der Waals surface area contributed by atoms with E-state index in [0.29, 0.717) is 42.7 Å². The summed E-state index contributed by atoms with van der Waals surface area (Å²) in [6.45, 7) is 10.5. The van der Waals surface area contributed by atoms with Gasteiger partial charge in [0.05, 0.1) is 21.8 Å². The van der Waals surface area contributed by atoms with Gasteiger partial charge in [0.25, 0.3) is 5.91 Å². The first-order valence-electron chi connectivity index (χ1n) is 14.3. The lowest BCUT2D eigenvalue weighted by molar-refractivity contribution is 0.0745. The van der Waals surface area contributed by atoms with E-state index in [1.807, 2.05) is 48.4 Å². The van der Waals surface area contributed by atoms with Crippen molar-refractivity contribution in [3.63, 3.8) is 0 Å². The molecule has 0 unspecified atom stereocenters. The predicted molar refractivity (Wildman–Crippen MR) is 167 cm³/mol. The van der Waals surface area contributed by atoms with E-state index >= 15 is 0 Å². The van der Waals surface area contributed by atoms with Crippen molar-refractivity contribution < 1.29 is 9.18 Å². The first-order valence-corrected chi connectivity index (χ1v) is 15.5. The molecule has 0 saturated carbocycles. The van der Waals surface area contributed by atoms with E-state index in [2.05, 4.69) is 41.1 Å². The molecule has 0 aromatic heterocycles. The summed E-state index contributed by atoms with van der Waals surface area (Å²) >= 11 is 1.42. The molecule has 214 valence electrons. The lowest BCUT2D eigenvalue weighted by Gasteiger charge is -2.38. The van der Waals surface area contributed by atoms with Gasteiger partial charge in [0, 0.05) is 56.6 Å². The van der Waals surface area contributed by atoms with Gasteiger partial charge in [0.15, 0.2) is 0 Å². The minimum absolute atomic E-state index is 0.0648. The van der Waals surface area contributed by atoms with Crippen molar-refractivity contribution in [2.45, 2.75) is 44.6 Å². The van der Waals surface area contributed by atoms with Crippen molar-refractivity contribution in [1.82, 2.24) is 4.90 Å². The van der Waals surface area contributed by atoms with Crippen LogP contribution in [-0.4, -0.2) is 62.4 Å². The van der Waals surface area contributed by atoms with Crippen molar-refractivity contribution in [2.75, 3.05) is 60.6 Å². The van der Waals surface area contributed by atoms with Crippen LogP contribution in [0.25, 0.3) is 0 Å². The SMILES string of the molecule is CSc1c(F)cccc1N1CCN(C(=O)c2c(C)cc(C)c(NC3CCN(c4ccccc4C#N)CC3)c2C)CC1. The molecule has 0 spiro atoms. The van der Waals surface area contributed by atoms with Gasteiger partial charge in [-0.25, -0.2) is 4.39 Å². The van der Waals surface area contributed by atoms with Gasteiger partial charge in [-0.2, -0.15) is 5.26 Å². The van der Waals surface area contributed by atoms with Gasteiger partial charge in [-0.3, -0.25) is 4.79 Å². The Morgan fingerprint density at radius 2 is 1.59 bits per heavy atom. The number of nitriles is 1. The Bertz CT molecular complexity index is 1470. The van der Waals surface area contributed by atoms with Crippen LogP contribution in [0.3, 0.4) is 0 Å². The number of nitrogens with zero attached hydrogens (tertiary/aromatic N) is 4. The molecule has 1 N–H and O–H groups in total. The number of piperazine rings is 1. The van der Waals surface area contributed by atoms with Crippen molar-refractivity contribution >= 4 is 34.7 Å². The van der Waals surface area contributed by atoms with Crippen LogP contribution in [0, 0.1) is 37.9 Å². The predicted octanol–water partition coefficient (Wildman–Crippen LogP) is 6.39. The van der Waals surface area contributed by atoms with Gasteiger partial charge in [-0.1, -0.05) is 24.3 Å². The lowest BCUT2D eigenvalue weighted by atomic mass is 9.94. The minimum Gasteiger partial charge on any atom is -0.382 e. The Labute approximate surface area is 247 Å². The van der Waals surface area contributed by atoms with Crippen molar-refractivity contribution in [1.29, 1.82) is 5.26 Å². The van der Waals surface area contributed by atoms with E-state index in [-0.39, 0.29) is 11.7 Å². The molecule has 2 fully saturated rings. The quantitative estimate of drug-likeness (QED) is 0.346. The Morgan fingerprint density at radius 1 is 0.927 bits per heavy atom. The topological polar surface area (TPSA) is 62.6 Å². The smallest absolute Gasteiger partial charge is 0.254 e. The molecule has 5 rings (SSSR count). The fourth-order valence-electron chi connectivity index (χ4n) is 6.31. The monoisotopic (exact) mass is 571 g/mol. The summed E-state index contributed by atoms with van der Waals surface area (Å²) in [5, 5.41) is 13.3. The number of nitrogens with one attached hydrogen (secondary N) is 1. The van der Waals surface area contributed by atoms with E-state index in [0.717, 1.165) is 65.2 Å². The third-order valence-electron chi connectivity index (χ3n) is 8.45. The fourth-order valence-corrected chi connectivity index (χ4v) is 6.98. The number of anilines is 3. The normalized spacial score (nSPS) is 16.0. The fraction of sp³-hybridized carbons (Fsp3) is 0.394. The maximum atomic E-state index is 14.4. The number of carbonyl (C=O) groups excluding carboxylic acids is 1. The second-order valence-electron chi connectivity index (χ2n) is 11.0. The van der Waals surface area contributed by atoms with E-state index < -0.39 is 0 Å². The summed E-state index contributed by atoms with van der Waals surface area (Å²) in [4.78, 5) is 20.9. The highest BCUT2D eigenvalue weighted by molar-refractivity contribution is 7.98. The Balaban J connectivity index is 1.27. The highest BCUT2D eigenvalue weighted by atomic mass is 32.2. The molecule has 2 aliphatic rings. The van der Waals surface area contributed by atoms with E-state index in [1.165, 1.54) is 17.8 Å². The average Bonchev–Trinajstić information content (AvgIpc) is 2.99. The van der Waals surface area contributed by atoms with Crippen LogP contribution in [0.15, 0.2) is 53.4 Å². The molecular formula is C33H38FN5OS. The molecule has 0 atom stereocenters. The van der Waals surface area contributed by atoms with Gasteiger partial charge in [0.2, 0.25) is 0 Å². The van der Waals surface area contributed by atoms with E-state index in [4.69, 9.17) is 0 Å². The maximum absolute atomic E-state index is 14.4. The van der Waals surface area contributed by atoms with Crippen molar-refractivity contribution in [3.05, 3.63) is 82.2 Å². The van der Waals surface area contributed by atoms with Gasteiger partial charge < -0.3 is 20.0 Å². The second-order valence-corrected chi connectivity index (χ2v) is 11.8. The molecule has 1 amide bonds. The molecule has 0 bridgehead atoms. The third-order valence-corrected chi connectivity index (χ3v) is 9.26. The van der Waals surface area contributed by atoms with Gasteiger partial charge in [-0.15, -0.1) is 11.8 Å². The first-order chi connectivity index (χ1) is 19.8. The number of hydrogen-bond acceptors (Lipinski definition) is 6. The van der Waals surface area contributed by atoms with Crippen molar-refractivity contribution in [3.8, 4) is 6.07 Å². The molecule has 6 nitrogen and oxygen atoms in total. The molecule has 8 heteroatoms. The molecule has 0 radical (unpaired) electrons. The number of para-hydroxylation sites is 1. The Hall–Kier alpha value is -3.70. The highest BCUT2D eigenvalue weighted by Crippen LogP contribution is 2.34. The first kappa shape index (κ1) is 28.8. The van der Waals surface area contributed by atoms with Gasteiger partial charge in [0.1, 0.15) is 11.9 Å². The zero-order valence-corrected chi connectivity index (χ0v) is 25.2. The molecule has 41 heavy (non-hydrogen) atoms. The second kappa shape index (κ2) is 12.4. The molecule has 3 aromatic rings. The van der Waals surface area contributed by atoms with Crippen LogP contribution in [0.1, 0.15) is 45.5 Å². The van der Waals surface area contributed by atoms with Gasteiger partial charge in [-0.05, 0) is 80.8 Å². The highest BCUT2D eigenvalue weighted by Gasteiger charge is 2.28. The standard InChI is InChI=1S/C33H38FN5OS/c1-22-20-23(2)31(36-26-12-14-37(15-13-26)28-10-6-5-8-25(28)21-35)24(3)30(22)33(40)39-18-16-38(17-19-39)29-11-7-9-27(34)32(29)41-4/h5-11,20,26,36H,12-19H2,1-4H3. The summed E-state index contributed by atoms with van der Waals surface area (Å²) in [6, 6.07) is 17.7. The lowest BCUT2D eigenvalue weighted by Crippen LogP contribution is -2.49. The molecule has 3 aromatic carbocycles. The summed E-state index contributed by atoms with van der Waals surface area (Å²) in [5.41, 5.74) is 7.60. The number of amides is 1. The van der Waals surface area contributed by atoms with Crippen LogP contribution in [0.4, 0.5) is 21.5 Å². The van der Waals surface area contributed by atoms with Crippen molar-refractivity contribution in [2.24, 2.45) is 0 Å². The summed E-state index contributed by atoms with van der Waals surface area (Å²) in [7, 11) is 0. The zero-order chi connectivity index (χ0) is 29.1. The number of benzene rings is 3. The third kappa shape index (κ3) is 5.87. The molecular weight excluding hydrogens is 533 g/mol. The van der Waals surface area contributed by atoms with Gasteiger partial charge >= 0.3 is 0 Å². The maximum Gasteiger partial charge on any atom is 0.254 e. The number of halogens is 1. The molecule has 0 aliphatic carbocycles. The number of piperidine rings is 1. The average molecular weight is 572 g/mol. The largest absolute Gasteiger partial charge is 0.382 e. The minimum atomic E-state index is -0.197.